The summed E-state index contributed by atoms with van der Waals surface area (Å²) in [6.07, 6.45) is 5.82. The van der Waals surface area contributed by atoms with Gasteiger partial charge in [-0.15, -0.1) is 0 Å². The first-order valence-electron chi connectivity index (χ1n) is 9.37. The molecule has 31 heavy (non-hydrogen) atoms. The molecule has 4 heterocycles. The molecule has 0 aliphatic rings. The Morgan fingerprint density at radius 1 is 1.23 bits per heavy atom. The van der Waals surface area contributed by atoms with Crippen LogP contribution in [0.5, 0.6) is 0 Å². The molecular weight excluding hydrogens is 398 g/mol. The molecule has 4 N–H and O–H groups in total. The zero-order valence-corrected chi connectivity index (χ0v) is 16.7. The highest BCUT2D eigenvalue weighted by Crippen LogP contribution is 2.23. The molecule has 1 amide bonds. The second-order valence-electron chi connectivity index (χ2n) is 6.58. The van der Waals surface area contributed by atoms with Crippen molar-refractivity contribution in [3.05, 3.63) is 60.1 Å². The van der Waals surface area contributed by atoms with Gasteiger partial charge in [-0.05, 0) is 25.1 Å². The van der Waals surface area contributed by atoms with E-state index in [0.29, 0.717) is 34.5 Å². The van der Waals surface area contributed by atoms with E-state index in [1.807, 2.05) is 0 Å². The number of H-pyrrole nitrogens is 1. The highest BCUT2D eigenvalue weighted by atomic mass is 16.5. The molecule has 0 aliphatic carbocycles. The molecular formula is C20H19N9O2. The van der Waals surface area contributed by atoms with Crippen LogP contribution in [-0.4, -0.2) is 49.2 Å². The number of amides is 1. The second kappa shape index (κ2) is 8.53. The fourth-order valence-corrected chi connectivity index (χ4v) is 2.91. The molecule has 0 bridgehead atoms. The van der Waals surface area contributed by atoms with E-state index in [2.05, 4.69) is 40.7 Å². The van der Waals surface area contributed by atoms with Crippen LogP contribution in [0.3, 0.4) is 0 Å². The maximum Gasteiger partial charge on any atom is 0.270 e. The largest absolute Gasteiger partial charge is 0.371 e. The van der Waals surface area contributed by atoms with Gasteiger partial charge in [0.2, 0.25) is 0 Å². The molecule has 0 unspecified atom stereocenters. The normalized spacial score (nSPS) is 11.7. The van der Waals surface area contributed by atoms with Gasteiger partial charge in [0.15, 0.2) is 17.4 Å². The number of aromatic nitrogens is 6. The molecule has 156 valence electrons. The van der Waals surface area contributed by atoms with Crippen LogP contribution >= 0.6 is 0 Å². The van der Waals surface area contributed by atoms with Gasteiger partial charge in [-0.3, -0.25) is 9.78 Å². The van der Waals surface area contributed by atoms with Gasteiger partial charge >= 0.3 is 0 Å². The Bertz CT molecular complexity index is 1220. The molecule has 0 saturated heterocycles. The average molecular weight is 417 g/mol. The van der Waals surface area contributed by atoms with Crippen molar-refractivity contribution >= 4 is 17.9 Å². The van der Waals surface area contributed by atoms with Crippen LogP contribution in [-0.2, 0) is 0 Å². The third-order valence-corrected chi connectivity index (χ3v) is 4.53. The van der Waals surface area contributed by atoms with Crippen LogP contribution in [0.4, 0.5) is 5.82 Å². The molecule has 11 nitrogen and oxygen atoms in total. The standard InChI is InChI=1S/C20H19N9O2/c1-11(17-8-14(29-31-17)19-27-16(9-21)18(22-2)28-19)26-20(30)15-7-13(24-10-25-15)12-3-5-23-6-4-12/h3-11,21-22H,1-2H3,(H,26,30)(H,27,28)/t11-/m1/s1. The van der Waals surface area contributed by atoms with E-state index < -0.39 is 6.04 Å². The van der Waals surface area contributed by atoms with Crippen LogP contribution < -0.4 is 10.6 Å². The van der Waals surface area contributed by atoms with Crippen LogP contribution in [0.15, 0.2) is 47.5 Å². The molecule has 11 heteroatoms. The lowest BCUT2D eigenvalue weighted by Gasteiger charge is -2.10. The average Bonchev–Trinajstić information content (AvgIpc) is 3.46. The van der Waals surface area contributed by atoms with E-state index in [-0.39, 0.29) is 11.6 Å². The summed E-state index contributed by atoms with van der Waals surface area (Å²) in [5.74, 6) is 1.06. The Kier molecular flexibility index (Phi) is 5.47. The van der Waals surface area contributed by atoms with Crippen molar-refractivity contribution in [1.82, 2.24) is 35.4 Å². The third-order valence-electron chi connectivity index (χ3n) is 4.53. The summed E-state index contributed by atoms with van der Waals surface area (Å²) in [5, 5.41) is 17.2. The second-order valence-corrected chi connectivity index (χ2v) is 6.58. The Hall–Kier alpha value is -4.41. The van der Waals surface area contributed by atoms with E-state index in [9.17, 15) is 4.79 Å². The Balaban J connectivity index is 1.49. The SMILES string of the molecule is CNc1nc(-c2cc([C@@H](C)NC(=O)c3cc(-c4ccncc4)ncn3)on2)[nH]c1C=N. The van der Waals surface area contributed by atoms with E-state index in [1.54, 1.807) is 50.6 Å². The quantitative estimate of drug-likeness (QED) is 0.334. The minimum atomic E-state index is -0.464. The van der Waals surface area contributed by atoms with Gasteiger partial charge in [0.05, 0.1) is 11.7 Å². The monoisotopic (exact) mass is 417 g/mol. The molecule has 4 aromatic heterocycles. The number of pyridine rings is 1. The van der Waals surface area contributed by atoms with Crippen molar-refractivity contribution in [2.75, 3.05) is 12.4 Å². The fraction of sp³-hybridized carbons (Fsp3) is 0.150. The van der Waals surface area contributed by atoms with Crippen molar-refractivity contribution in [2.24, 2.45) is 0 Å². The fourth-order valence-electron chi connectivity index (χ4n) is 2.91. The van der Waals surface area contributed by atoms with Crippen molar-refractivity contribution < 1.29 is 9.32 Å². The van der Waals surface area contributed by atoms with Gasteiger partial charge in [-0.2, -0.15) is 0 Å². The van der Waals surface area contributed by atoms with Crippen LogP contribution in [0, 0.1) is 5.41 Å². The summed E-state index contributed by atoms with van der Waals surface area (Å²) in [4.78, 5) is 32.3. The number of imidazole rings is 1. The summed E-state index contributed by atoms with van der Waals surface area (Å²) in [6, 6.07) is 6.44. The van der Waals surface area contributed by atoms with Crippen LogP contribution in [0.25, 0.3) is 22.8 Å². The van der Waals surface area contributed by atoms with E-state index in [0.717, 1.165) is 11.8 Å². The number of hydrogen-bond acceptors (Lipinski definition) is 9. The van der Waals surface area contributed by atoms with Gasteiger partial charge in [-0.25, -0.2) is 15.0 Å². The smallest absolute Gasteiger partial charge is 0.270 e. The number of carbonyl (C=O) groups excluding carboxylic acids is 1. The van der Waals surface area contributed by atoms with Gasteiger partial charge < -0.3 is 25.5 Å². The minimum absolute atomic E-state index is 0.230. The number of hydrogen-bond donors (Lipinski definition) is 4. The first-order valence-corrected chi connectivity index (χ1v) is 9.37. The summed E-state index contributed by atoms with van der Waals surface area (Å²) < 4.78 is 5.39. The van der Waals surface area contributed by atoms with Crippen molar-refractivity contribution in [3.8, 4) is 22.8 Å². The number of nitrogens with zero attached hydrogens (tertiary/aromatic N) is 5. The molecule has 0 fully saturated rings. The Labute approximate surface area is 176 Å². The Morgan fingerprint density at radius 2 is 2.03 bits per heavy atom. The number of carbonyl (C=O) groups is 1. The summed E-state index contributed by atoms with van der Waals surface area (Å²) >= 11 is 0. The van der Waals surface area contributed by atoms with Crippen molar-refractivity contribution in [3.63, 3.8) is 0 Å². The van der Waals surface area contributed by atoms with Crippen LogP contribution in [0.1, 0.15) is 34.9 Å². The molecule has 0 aromatic carbocycles. The molecule has 0 spiro atoms. The van der Waals surface area contributed by atoms with Crippen molar-refractivity contribution in [2.45, 2.75) is 13.0 Å². The van der Waals surface area contributed by atoms with E-state index in [1.165, 1.54) is 6.33 Å². The van der Waals surface area contributed by atoms with Crippen molar-refractivity contribution in [1.29, 1.82) is 5.41 Å². The zero-order valence-electron chi connectivity index (χ0n) is 16.7. The molecule has 4 rings (SSSR count). The Morgan fingerprint density at radius 3 is 2.74 bits per heavy atom. The summed E-state index contributed by atoms with van der Waals surface area (Å²) in [7, 11) is 1.71. The first kappa shape index (κ1) is 19.9. The molecule has 0 radical (unpaired) electrons. The zero-order chi connectivity index (χ0) is 21.8. The highest BCUT2D eigenvalue weighted by molar-refractivity contribution is 5.93. The number of aromatic amines is 1. The molecule has 1 atom stereocenters. The number of anilines is 1. The van der Waals surface area contributed by atoms with Gasteiger partial charge in [-0.1, -0.05) is 5.16 Å². The van der Waals surface area contributed by atoms with Crippen LogP contribution in [0.2, 0.25) is 0 Å². The minimum Gasteiger partial charge on any atom is -0.371 e. The van der Waals surface area contributed by atoms with E-state index >= 15 is 0 Å². The predicted molar refractivity (Wildman–Crippen MR) is 113 cm³/mol. The molecule has 0 saturated carbocycles. The number of nitrogens with one attached hydrogen (secondary N) is 4. The first-order chi connectivity index (χ1) is 15.1. The highest BCUT2D eigenvalue weighted by Gasteiger charge is 2.19. The van der Waals surface area contributed by atoms with E-state index in [4.69, 9.17) is 9.93 Å². The van der Waals surface area contributed by atoms with Gasteiger partial charge in [0.25, 0.3) is 5.91 Å². The summed E-state index contributed by atoms with van der Waals surface area (Å²) in [5.41, 5.74) is 2.67. The lowest BCUT2D eigenvalue weighted by molar-refractivity contribution is 0.0928. The third kappa shape index (κ3) is 4.15. The predicted octanol–water partition coefficient (Wildman–Crippen LogP) is 2.45. The molecule has 4 aromatic rings. The van der Waals surface area contributed by atoms with Gasteiger partial charge in [0, 0.05) is 37.3 Å². The maximum absolute atomic E-state index is 12.7. The maximum atomic E-state index is 12.7. The lowest BCUT2D eigenvalue weighted by atomic mass is 10.1. The topological polar surface area (TPSA) is 158 Å². The molecule has 0 aliphatic heterocycles. The number of rotatable bonds is 7. The lowest BCUT2D eigenvalue weighted by Crippen LogP contribution is -2.27. The summed E-state index contributed by atoms with van der Waals surface area (Å²) in [6.45, 7) is 1.78. The van der Waals surface area contributed by atoms with Gasteiger partial charge in [0.1, 0.15) is 23.4 Å².